The number of rotatable bonds is 6. The van der Waals surface area contributed by atoms with Crippen LogP contribution in [0.25, 0.3) is 0 Å². The van der Waals surface area contributed by atoms with Gasteiger partial charge in [0, 0.05) is 11.4 Å². The summed E-state index contributed by atoms with van der Waals surface area (Å²) in [4.78, 5) is 12.7. The summed E-state index contributed by atoms with van der Waals surface area (Å²) in [6.07, 6.45) is 1.94. The Morgan fingerprint density at radius 2 is 1.67 bits per heavy atom. The second kappa shape index (κ2) is 7.72. The quantitative estimate of drug-likeness (QED) is 0.580. The van der Waals surface area contributed by atoms with Crippen molar-refractivity contribution in [3.8, 4) is 0 Å². The smallest absolute Gasteiger partial charge is 0.337 e. The summed E-state index contributed by atoms with van der Waals surface area (Å²) >= 11 is 1.55. The molecule has 0 unspecified atom stereocenters. The molecule has 0 aromatic heterocycles. The van der Waals surface area contributed by atoms with Crippen LogP contribution in [-0.4, -0.2) is 34.3 Å². The Morgan fingerprint density at radius 1 is 1.08 bits per heavy atom. The minimum absolute atomic E-state index is 0.235. The highest BCUT2D eigenvalue weighted by Gasteiger charge is 2.23. The Kier molecular flexibility index (Phi) is 5.90. The topological polar surface area (TPSA) is 63.7 Å². The summed E-state index contributed by atoms with van der Waals surface area (Å²) < 4.78 is 31.7. The van der Waals surface area contributed by atoms with Gasteiger partial charge in [-0.15, -0.1) is 11.8 Å². The maximum absolute atomic E-state index is 12.9. The molecule has 0 saturated carbocycles. The van der Waals surface area contributed by atoms with Crippen LogP contribution < -0.4 is 4.31 Å². The second-order valence-electron chi connectivity index (χ2n) is 4.88. The van der Waals surface area contributed by atoms with Gasteiger partial charge in [-0.2, -0.15) is 0 Å². The van der Waals surface area contributed by atoms with Gasteiger partial charge in [0.2, 0.25) is 0 Å². The fraction of sp³-hybridized carbons (Fsp3) is 0.235. The lowest BCUT2D eigenvalue weighted by molar-refractivity contribution is 0.0601. The van der Waals surface area contributed by atoms with Gasteiger partial charge in [0.05, 0.1) is 23.3 Å². The Labute approximate surface area is 146 Å². The molecule has 0 aliphatic rings. The molecular weight excluding hydrogens is 346 g/mol. The van der Waals surface area contributed by atoms with Crippen molar-refractivity contribution in [2.75, 3.05) is 24.2 Å². The molecule has 0 atom stereocenters. The number of hydrogen-bond donors (Lipinski definition) is 0. The van der Waals surface area contributed by atoms with E-state index in [1.807, 2.05) is 6.26 Å². The summed E-state index contributed by atoms with van der Waals surface area (Å²) in [5, 5.41) is 0. The van der Waals surface area contributed by atoms with Crippen LogP contribution in [0.4, 0.5) is 5.69 Å². The van der Waals surface area contributed by atoms with Gasteiger partial charge in [0.15, 0.2) is 0 Å². The number of esters is 1. The lowest BCUT2D eigenvalue weighted by Gasteiger charge is -2.23. The van der Waals surface area contributed by atoms with E-state index in [0.717, 1.165) is 4.90 Å². The van der Waals surface area contributed by atoms with Crippen molar-refractivity contribution in [2.45, 2.75) is 16.7 Å². The zero-order chi connectivity index (χ0) is 17.7. The summed E-state index contributed by atoms with van der Waals surface area (Å²) in [7, 11) is -2.36. The number of benzene rings is 2. The maximum atomic E-state index is 12.9. The molecule has 2 rings (SSSR count). The number of methoxy groups -OCH3 is 1. The predicted octanol–water partition coefficient (Wildman–Crippen LogP) is 3.41. The van der Waals surface area contributed by atoms with Crippen LogP contribution in [0.1, 0.15) is 17.3 Å². The number of anilines is 1. The first-order chi connectivity index (χ1) is 11.4. The molecule has 2 aromatic carbocycles. The third-order valence-corrected chi connectivity index (χ3v) is 6.17. The van der Waals surface area contributed by atoms with Crippen molar-refractivity contribution < 1.29 is 17.9 Å². The van der Waals surface area contributed by atoms with E-state index in [9.17, 15) is 13.2 Å². The molecule has 2 aromatic rings. The van der Waals surface area contributed by atoms with Crippen LogP contribution in [0, 0.1) is 0 Å². The van der Waals surface area contributed by atoms with Gasteiger partial charge in [-0.25, -0.2) is 13.2 Å². The Morgan fingerprint density at radius 3 is 2.12 bits per heavy atom. The van der Waals surface area contributed by atoms with Crippen molar-refractivity contribution in [1.82, 2.24) is 0 Å². The SMILES string of the molecule is CCN(c1ccc(C(=O)OC)cc1)S(=O)(=O)c1ccc(SC)cc1. The molecule has 128 valence electrons. The van der Waals surface area contributed by atoms with Crippen LogP contribution in [0.15, 0.2) is 58.3 Å². The van der Waals surface area contributed by atoms with E-state index < -0.39 is 16.0 Å². The third kappa shape index (κ3) is 3.73. The highest BCUT2D eigenvalue weighted by molar-refractivity contribution is 7.98. The molecule has 0 amide bonds. The summed E-state index contributed by atoms with van der Waals surface area (Å²) in [5.41, 5.74) is 0.873. The van der Waals surface area contributed by atoms with Gasteiger partial charge in [0.25, 0.3) is 10.0 Å². The molecule has 5 nitrogen and oxygen atoms in total. The van der Waals surface area contributed by atoms with E-state index in [-0.39, 0.29) is 11.4 Å². The van der Waals surface area contributed by atoms with Crippen LogP contribution in [0.5, 0.6) is 0 Å². The van der Waals surface area contributed by atoms with E-state index in [1.54, 1.807) is 67.2 Å². The van der Waals surface area contributed by atoms with Crippen molar-refractivity contribution in [3.05, 3.63) is 54.1 Å². The third-order valence-electron chi connectivity index (χ3n) is 3.51. The number of carbonyl (C=O) groups excluding carboxylic acids is 1. The summed E-state index contributed by atoms with van der Waals surface area (Å²) in [5.74, 6) is -0.458. The normalized spacial score (nSPS) is 11.1. The van der Waals surface area contributed by atoms with Gasteiger partial charge in [-0.05, 0) is 61.7 Å². The van der Waals surface area contributed by atoms with Crippen molar-refractivity contribution in [3.63, 3.8) is 0 Å². The fourth-order valence-corrected chi connectivity index (χ4v) is 4.13. The van der Waals surface area contributed by atoms with Crippen molar-refractivity contribution >= 4 is 33.4 Å². The van der Waals surface area contributed by atoms with E-state index in [1.165, 1.54) is 11.4 Å². The number of thioether (sulfide) groups is 1. The van der Waals surface area contributed by atoms with E-state index in [0.29, 0.717) is 11.3 Å². The largest absolute Gasteiger partial charge is 0.465 e. The second-order valence-corrected chi connectivity index (χ2v) is 7.63. The number of nitrogens with zero attached hydrogens (tertiary/aromatic N) is 1. The van der Waals surface area contributed by atoms with Crippen LogP contribution in [-0.2, 0) is 14.8 Å². The molecular formula is C17H19NO4S2. The Bertz CT molecular complexity index is 799. The number of sulfonamides is 1. The first-order valence-electron chi connectivity index (χ1n) is 7.29. The highest BCUT2D eigenvalue weighted by atomic mass is 32.2. The standard InChI is InChI=1S/C17H19NO4S2/c1-4-18(14-7-5-13(6-8-14)17(19)22-2)24(20,21)16-11-9-15(23-3)10-12-16/h5-12H,4H2,1-3H3. The van der Waals surface area contributed by atoms with Gasteiger partial charge in [0.1, 0.15) is 0 Å². The minimum atomic E-state index is -3.66. The van der Waals surface area contributed by atoms with Gasteiger partial charge in [-0.1, -0.05) is 0 Å². The summed E-state index contributed by atoms with van der Waals surface area (Å²) in [6.45, 7) is 2.05. The maximum Gasteiger partial charge on any atom is 0.337 e. The Balaban J connectivity index is 2.36. The predicted molar refractivity (Wildman–Crippen MR) is 96.2 cm³/mol. The highest BCUT2D eigenvalue weighted by Crippen LogP contribution is 2.25. The molecule has 0 heterocycles. The molecule has 0 spiro atoms. The van der Waals surface area contributed by atoms with Crippen molar-refractivity contribution in [1.29, 1.82) is 0 Å². The molecule has 0 saturated heterocycles. The average molecular weight is 365 g/mol. The molecule has 0 radical (unpaired) electrons. The van der Waals surface area contributed by atoms with E-state index in [4.69, 9.17) is 0 Å². The zero-order valence-electron chi connectivity index (χ0n) is 13.7. The van der Waals surface area contributed by atoms with Gasteiger partial charge < -0.3 is 4.74 Å². The van der Waals surface area contributed by atoms with Gasteiger partial charge >= 0.3 is 5.97 Å². The molecule has 0 aliphatic heterocycles. The molecule has 0 bridgehead atoms. The lowest BCUT2D eigenvalue weighted by Crippen LogP contribution is -2.30. The average Bonchev–Trinajstić information content (AvgIpc) is 2.62. The monoisotopic (exact) mass is 365 g/mol. The summed E-state index contributed by atoms with van der Waals surface area (Å²) in [6, 6.07) is 13.1. The molecule has 0 fully saturated rings. The van der Waals surface area contributed by atoms with Crippen molar-refractivity contribution in [2.24, 2.45) is 0 Å². The zero-order valence-corrected chi connectivity index (χ0v) is 15.4. The van der Waals surface area contributed by atoms with E-state index >= 15 is 0 Å². The van der Waals surface area contributed by atoms with Crippen LogP contribution in [0.2, 0.25) is 0 Å². The molecule has 24 heavy (non-hydrogen) atoms. The Hall–Kier alpha value is -1.99. The van der Waals surface area contributed by atoms with E-state index in [2.05, 4.69) is 4.74 Å². The first-order valence-corrected chi connectivity index (χ1v) is 9.95. The van der Waals surface area contributed by atoms with Crippen LogP contribution >= 0.6 is 11.8 Å². The fourth-order valence-electron chi connectivity index (χ4n) is 2.25. The number of ether oxygens (including phenoxy) is 1. The molecule has 0 aliphatic carbocycles. The number of carbonyl (C=O) groups is 1. The first kappa shape index (κ1) is 18.4. The van der Waals surface area contributed by atoms with Gasteiger partial charge in [-0.3, -0.25) is 4.31 Å². The molecule has 0 N–H and O–H groups in total. The lowest BCUT2D eigenvalue weighted by atomic mass is 10.2. The van der Waals surface area contributed by atoms with Crippen LogP contribution in [0.3, 0.4) is 0 Å². The number of hydrogen-bond acceptors (Lipinski definition) is 5. The minimum Gasteiger partial charge on any atom is -0.465 e. The molecule has 7 heteroatoms.